The van der Waals surface area contributed by atoms with E-state index in [4.69, 9.17) is 11.6 Å². The van der Waals surface area contributed by atoms with Crippen LogP contribution in [0.25, 0.3) is 0 Å². The number of hydrogen-bond donors (Lipinski definition) is 2. The highest BCUT2D eigenvalue weighted by Crippen LogP contribution is 2.26. The van der Waals surface area contributed by atoms with E-state index in [-0.39, 0.29) is 15.5 Å². The molecular formula is C26H23ClN4O5S2. The number of halogens is 1. The lowest BCUT2D eigenvalue weighted by Gasteiger charge is -2.24. The molecule has 0 radical (unpaired) electrons. The maximum absolute atomic E-state index is 13.5. The van der Waals surface area contributed by atoms with Crippen molar-refractivity contribution in [3.05, 3.63) is 108 Å². The van der Waals surface area contributed by atoms with Crippen molar-refractivity contribution in [1.82, 2.24) is 4.98 Å². The Balaban J connectivity index is 1.53. The van der Waals surface area contributed by atoms with E-state index in [0.717, 1.165) is 9.87 Å². The lowest BCUT2D eigenvalue weighted by atomic mass is 10.2. The van der Waals surface area contributed by atoms with Gasteiger partial charge in [0.1, 0.15) is 6.54 Å². The maximum Gasteiger partial charge on any atom is 0.264 e. The van der Waals surface area contributed by atoms with Gasteiger partial charge in [0.15, 0.2) is 0 Å². The Morgan fingerprint density at radius 1 is 0.842 bits per heavy atom. The fourth-order valence-electron chi connectivity index (χ4n) is 3.45. The van der Waals surface area contributed by atoms with E-state index in [2.05, 4.69) is 15.0 Å². The molecule has 0 saturated carbocycles. The number of aromatic nitrogens is 1. The molecule has 0 spiro atoms. The average Bonchev–Trinajstić information content (AvgIpc) is 2.89. The second-order valence-electron chi connectivity index (χ2n) is 8.22. The quantitative estimate of drug-likeness (QED) is 0.301. The Morgan fingerprint density at radius 2 is 1.47 bits per heavy atom. The number of sulfonamides is 2. The van der Waals surface area contributed by atoms with Crippen LogP contribution in [0.4, 0.5) is 17.1 Å². The molecule has 1 amide bonds. The number of hydrogen-bond acceptors (Lipinski definition) is 6. The zero-order valence-corrected chi connectivity index (χ0v) is 22.5. The van der Waals surface area contributed by atoms with Gasteiger partial charge in [-0.05, 0) is 79.7 Å². The molecule has 4 rings (SSSR count). The average molecular weight is 571 g/mol. The van der Waals surface area contributed by atoms with Gasteiger partial charge in [0.25, 0.3) is 20.0 Å². The highest BCUT2D eigenvalue weighted by atomic mass is 35.5. The summed E-state index contributed by atoms with van der Waals surface area (Å²) in [7, 11) is -7.96. The fourth-order valence-corrected chi connectivity index (χ4v) is 6.04. The third-order valence-corrected chi connectivity index (χ3v) is 8.81. The second kappa shape index (κ2) is 11.2. The number of anilines is 3. The molecule has 196 valence electrons. The van der Waals surface area contributed by atoms with Gasteiger partial charge in [-0.1, -0.05) is 29.3 Å². The minimum Gasteiger partial charge on any atom is -0.325 e. The number of rotatable bonds is 9. The van der Waals surface area contributed by atoms with Gasteiger partial charge < -0.3 is 5.32 Å². The van der Waals surface area contributed by atoms with Crippen LogP contribution in [0.3, 0.4) is 0 Å². The van der Waals surface area contributed by atoms with Crippen LogP contribution in [0.1, 0.15) is 5.56 Å². The van der Waals surface area contributed by atoms with E-state index in [1.54, 1.807) is 24.3 Å². The molecule has 0 aliphatic rings. The van der Waals surface area contributed by atoms with Crippen LogP contribution in [0, 0.1) is 6.92 Å². The van der Waals surface area contributed by atoms with E-state index < -0.39 is 32.5 Å². The summed E-state index contributed by atoms with van der Waals surface area (Å²) in [4.78, 5) is 16.8. The Bertz CT molecular complexity index is 1630. The van der Waals surface area contributed by atoms with E-state index in [9.17, 15) is 21.6 Å². The number of pyridine rings is 1. The summed E-state index contributed by atoms with van der Waals surface area (Å²) in [6.07, 6.45) is 2.90. The molecule has 0 unspecified atom stereocenters. The molecule has 38 heavy (non-hydrogen) atoms. The van der Waals surface area contributed by atoms with Crippen LogP contribution in [0.2, 0.25) is 5.02 Å². The van der Waals surface area contributed by atoms with E-state index in [1.807, 2.05) is 6.92 Å². The molecule has 0 aliphatic carbocycles. The van der Waals surface area contributed by atoms with Crippen LogP contribution >= 0.6 is 11.6 Å². The molecule has 3 aromatic carbocycles. The lowest BCUT2D eigenvalue weighted by molar-refractivity contribution is -0.114. The maximum atomic E-state index is 13.5. The van der Waals surface area contributed by atoms with Gasteiger partial charge in [-0.3, -0.25) is 18.8 Å². The highest BCUT2D eigenvalue weighted by Gasteiger charge is 2.27. The first-order chi connectivity index (χ1) is 18.0. The Kier molecular flexibility index (Phi) is 8.00. The Morgan fingerprint density at radius 3 is 2.08 bits per heavy atom. The molecule has 9 nitrogen and oxygen atoms in total. The van der Waals surface area contributed by atoms with Gasteiger partial charge in [0, 0.05) is 16.9 Å². The van der Waals surface area contributed by atoms with Gasteiger partial charge >= 0.3 is 0 Å². The monoisotopic (exact) mass is 570 g/mol. The van der Waals surface area contributed by atoms with Gasteiger partial charge in [0.05, 0.1) is 27.4 Å². The van der Waals surface area contributed by atoms with Crippen molar-refractivity contribution in [3.8, 4) is 0 Å². The fraction of sp³-hybridized carbons (Fsp3) is 0.0769. The first-order valence-corrected chi connectivity index (χ1v) is 14.5. The first-order valence-electron chi connectivity index (χ1n) is 11.2. The van der Waals surface area contributed by atoms with E-state index in [0.29, 0.717) is 16.4 Å². The Labute approximate surface area is 226 Å². The number of amides is 1. The van der Waals surface area contributed by atoms with Crippen molar-refractivity contribution in [2.45, 2.75) is 16.7 Å². The molecule has 0 aliphatic heterocycles. The third kappa shape index (κ3) is 6.49. The number of nitrogens with zero attached hydrogens (tertiary/aromatic N) is 2. The minimum atomic E-state index is -4.09. The molecular weight excluding hydrogens is 548 g/mol. The predicted octanol–water partition coefficient (Wildman–Crippen LogP) is 4.68. The second-order valence-corrected chi connectivity index (χ2v) is 12.2. The topological polar surface area (TPSA) is 126 Å². The number of carbonyl (C=O) groups excluding carboxylic acids is 1. The number of nitrogens with one attached hydrogen (secondary N) is 2. The van der Waals surface area contributed by atoms with Crippen molar-refractivity contribution < 1.29 is 21.6 Å². The smallest absolute Gasteiger partial charge is 0.264 e. The molecule has 4 aromatic rings. The zero-order chi connectivity index (χ0) is 27.3. The molecule has 0 atom stereocenters. The molecule has 1 aromatic heterocycles. The van der Waals surface area contributed by atoms with Crippen molar-refractivity contribution in [2.24, 2.45) is 0 Å². The largest absolute Gasteiger partial charge is 0.325 e. The normalized spacial score (nSPS) is 11.5. The number of benzene rings is 3. The molecule has 1 heterocycles. The number of aryl methyl sites for hydroxylation is 1. The molecule has 0 bridgehead atoms. The summed E-state index contributed by atoms with van der Waals surface area (Å²) in [6.45, 7) is 1.31. The van der Waals surface area contributed by atoms with Gasteiger partial charge in [-0.2, -0.15) is 0 Å². The molecule has 0 fully saturated rings. The summed E-state index contributed by atoms with van der Waals surface area (Å²) < 4.78 is 55.6. The third-order valence-electron chi connectivity index (χ3n) is 5.37. The SMILES string of the molecule is Cc1ccc(S(=O)(=O)N(CC(=O)Nc2ccc(S(=O)(=O)Nc3cccnc3)cc2)c2ccc(Cl)cc2)cc1. The van der Waals surface area contributed by atoms with Crippen molar-refractivity contribution in [1.29, 1.82) is 0 Å². The molecule has 2 N–H and O–H groups in total. The molecule has 12 heteroatoms. The predicted molar refractivity (Wildman–Crippen MR) is 147 cm³/mol. The highest BCUT2D eigenvalue weighted by molar-refractivity contribution is 7.93. The molecule has 0 saturated heterocycles. The summed E-state index contributed by atoms with van der Waals surface area (Å²) in [5.41, 5.74) is 1.75. The zero-order valence-electron chi connectivity index (χ0n) is 20.1. The lowest BCUT2D eigenvalue weighted by Crippen LogP contribution is -2.38. The minimum absolute atomic E-state index is 0.0240. The van der Waals surface area contributed by atoms with Crippen LogP contribution in [0.15, 0.2) is 107 Å². The van der Waals surface area contributed by atoms with Crippen molar-refractivity contribution in [3.63, 3.8) is 0 Å². The summed E-state index contributed by atoms with van der Waals surface area (Å²) in [5.74, 6) is -0.625. The number of carbonyl (C=O) groups is 1. The van der Waals surface area contributed by atoms with Gasteiger partial charge in [-0.15, -0.1) is 0 Å². The van der Waals surface area contributed by atoms with E-state index >= 15 is 0 Å². The summed E-state index contributed by atoms with van der Waals surface area (Å²) in [5, 5.41) is 3.03. The summed E-state index contributed by atoms with van der Waals surface area (Å²) in [6, 6.07) is 21.0. The van der Waals surface area contributed by atoms with Gasteiger partial charge in [0.2, 0.25) is 5.91 Å². The standard InChI is InChI=1S/C26H23ClN4O5S2/c1-19-4-12-25(13-5-19)38(35,36)31(23-10-6-20(27)7-11-23)18-26(32)29-21-8-14-24(15-9-21)37(33,34)30-22-3-2-16-28-17-22/h2-17,30H,18H2,1H3,(H,29,32). The van der Waals surface area contributed by atoms with Crippen LogP contribution < -0.4 is 14.3 Å². The van der Waals surface area contributed by atoms with Crippen molar-refractivity contribution in [2.75, 3.05) is 20.9 Å². The van der Waals surface area contributed by atoms with Gasteiger partial charge in [-0.25, -0.2) is 16.8 Å². The Hall–Kier alpha value is -3.93. The van der Waals surface area contributed by atoms with Crippen LogP contribution in [-0.4, -0.2) is 34.3 Å². The first kappa shape index (κ1) is 27.1. The van der Waals surface area contributed by atoms with Crippen LogP contribution in [0.5, 0.6) is 0 Å². The van der Waals surface area contributed by atoms with Crippen LogP contribution in [-0.2, 0) is 24.8 Å². The van der Waals surface area contributed by atoms with Crippen molar-refractivity contribution >= 4 is 54.6 Å². The van der Waals surface area contributed by atoms with E-state index in [1.165, 1.54) is 73.1 Å². The summed E-state index contributed by atoms with van der Waals surface area (Å²) >= 11 is 5.97.